The van der Waals surface area contributed by atoms with Crippen LogP contribution in [0.1, 0.15) is 20.3 Å². The number of carbonyl (C=O) groups is 1. The molecule has 0 unspecified atom stereocenters. The van der Waals surface area contributed by atoms with Gasteiger partial charge in [0, 0.05) is 62.9 Å². The fourth-order valence-electron chi connectivity index (χ4n) is 3.56. The van der Waals surface area contributed by atoms with Crippen LogP contribution in [-0.4, -0.2) is 79.1 Å². The molecule has 194 valence electrons. The van der Waals surface area contributed by atoms with Crippen molar-refractivity contribution in [2.45, 2.75) is 26.8 Å². The number of aromatic nitrogens is 4. The Bertz CT molecular complexity index is 1200. The highest BCUT2D eigenvalue weighted by Crippen LogP contribution is 2.23. The van der Waals surface area contributed by atoms with Gasteiger partial charge in [0.2, 0.25) is 11.8 Å². The van der Waals surface area contributed by atoms with E-state index < -0.39 is 0 Å². The van der Waals surface area contributed by atoms with E-state index >= 15 is 0 Å². The van der Waals surface area contributed by atoms with Crippen LogP contribution >= 0.6 is 0 Å². The van der Waals surface area contributed by atoms with Gasteiger partial charge in [-0.15, -0.1) is 0 Å². The van der Waals surface area contributed by atoms with Crippen molar-refractivity contribution in [2.24, 2.45) is 0 Å². The van der Waals surface area contributed by atoms with E-state index in [0.29, 0.717) is 56.6 Å². The molecule has 0 saturated carbocycles. The SMILES string of the molecule is CCCOCCn1c(=O)c(N(C)CC(=O)NCCOCC)nc2ncc(-c3ccc(OC)nc3)cc21. The van der Waals surface area contributed by atoms with Gasteiger partial charge in [-0.25, -0.2) is 15.0 Å². The number of pyridine rings is 2. The zero-order valence-corrected chi connectivity index (χ0v) is 21.3. The molecular formula is C25H34N6O5. The second-order valence-corrected chi connectivity index (χ2v) is 8.06. The first-order valence-electron chi connectivity index (χ1n) is 12.0. The van der Waals surface area contributed by atoms with Crippen molar-refractivity contribution in [3.8, 4) is 17.0 Å². The van der Waals surface area contributed by atoms with Crippen molar-refractivity contribution in [2.75, 3.05) is 58.6 Å². The average molecular weight is 499 g/mol. The fraction of sp³-hybridized carbons (Fsp3) is 0.480. The first kappa shape index (κ1) is 27.0. The van der Waals surface area contributed by atoms with E-state index in [1.54, 1.807) is 37.2 Å². The summed E-state index contributed by atoms with van der Waals surface area (Å²) in [6.45, 7) is 6.60. The Morgan fingerprint density at radius 3 is 2.58 bits per heavy atom. The van der Waals surface area contributed by atoms with Gasteiger partial charge >= 0.3 is 0 Å². The number of methoxy groups -OCH3 is 1. The minimum Gasteiger partial charge on any atom is -0.481 e. The lowest BCUT2D eigenvalue weighted by molar-refractivity contribution is -0.119. The molecule has 1 amide bonds. The van der Waals surface area contributed by atoms with Crippen molar-refractivity contribution in [1.82, 2.24) is 24.8 Å². The Kier molecular flexibility index (Phi) is 10.1. The quantitative estimate of drug-likeness (QED) is 0.332. The van der Waals surface area contributed by atoms with Crippen LogP contribution in [0.3, 0.4) is 0 Å². The standard InChI is InChI=1S/C25H34N6O5/c1-5-11-36-13-10-31-20-14-19(18-7-8-22(34-4)27-15-18)16-28-23(20)29-24(25(31)33)30(3)17-21(32)26-9-12-35-6-2/h7-8,14-16H,5-6,9-13,17H2,1-4H3,(H,26,32). The molecule has 3 aromatic rings. The Morgan fingerprint density at radius 1 is 1.08 bits per heavy atom. The van der Waals surface area contributed by atoms with Crippen LogP contribution < -0.4 is 20.5 Å². The molecule has 0 fully saturated rings. The third kappa shape index (κ3) is 6.98. The number of rotatable bonds is 14. The Morgan fingerprint density at radius 2 is 1.89 bits per heavy atom. The van der Waals surface area contributed by atoms with E-state index in [9.17, 15) is 9.59 Å². The van der Waals surface area contributed by atoms with Gasteiger partial charge in [-0.3, -0.25) is 14.2 Å². The number of ether oxygens (including phenoxy) is 3. The molecule has 3 rings (SSSR count). The average Bonchev–Trinajstić information content (AvgIpc) is 2.89. The largest absolute Gasteiger partial charge is 0.481 e. The van der Waals surface area contributed by atoms with Crippen LogP contribution in [0.4, 0.5) is 5.82 Å². The maximum absolute atomic E-state index is 13.5. The second kappa shape index (κ2) is 13.5. The van der Waals surface area contributed by atoms with E-state index in [1.165, 1.54) is 4.90 Å². The van der Waals surface area contributed by atoms with Crippen LogP contribution in [0.25, 0.3) is 22.3 Å². The predicted octanol–water partition coefficient (Wildman–Crippen LogP) is 1.88. The molecular weight excluding hydrogens is 464 g/mol. The van der Waals surface area contributed by atoms with E-state index in [4.69, 9.17) is 14.2 Å². The lowest BCUT2D eigenvalue weighted by atomic mass is 10.1. The van der Waals surface area contributed by atoms with Gasteiger partial charge in [-0.1, -0.05) is 6.92 Å². The molecule has 3 heterocycles. The number of anilines is 1. The summed E-state index contributed by atoms with van der Waals surface area (Å²) in [4.78, 5) is 40.7. The Labute approximate surface area is 210 Å². The number of fused-ring (bicyclic) bond motifs is 1. The van der Waals surface area contributed by atoms with Gasteiger partial charge in [-0.05, 0) is 25.5 Å². The Hall–Kier alpha value is -3.57. The van der Waals surface area contributed by atoms with Crippen LogP contribution in [0.2, 0.25) is 0 Å². The smallest absolute Gasteiger partial charge is 0.294 e. The molecule has 11 nitrogen and oxygen atoms in total. The molecule has 0 aliphatic rings. The Balaban J connectivity index is 1.93. The zero-order valence-electron chi connectivity index (χ0n) is 21.3. The lowest BCUT2D eigenvalue weighted by Gasteiger charge is -2.20. The summed E-state index contributed by atoms with van der Waals surface area (Å²) in [6, 6.07) is 5.51. The van der Waals surface area contributed by atoms with Gasteiger partial charge in [-0.2, -0.15) is 0 Å². The van der Waals surface area contributed by atoms with Crippen LogP contribution in [0, 0.1) is 0 Å². The third-order valence-electron chi connectivity index (χ3n) is 5.39. The number of carbonyl (C=O) groups excluding carboxylic acids is 1. The maximum Gasteiger partial charge on any atom is 0.294 e. The molecule has 0 aliphatic carbocycles. The van der Waals surface area contributed by atoms with Crippen molar-refractivity contribution in [1.29, 1.82) is 0 Å². The van der Waals surface area contributed by atoms with Gasteiger partial charge in [0.1, 0.15) is 0 Å². The normalized spacial score (nSPS) is 11.0. The number of amides is 1. The fourth-order valence-corrected chi connectivity index (χ4v) is 3.56. The van der Waals surface area contributed by atoms with Gasteiger partial charge in [0.15, 0.2) is 11.5 Å². The molecule has 1 N–H and O–H groups in total. The summed E-state index contributed by atoms with van der Waals surface area (Å²) in [5.74, 6) is 0.421. The number of hydrogen-bond acceptors (Lipinski definition) is 9. The van der Waals surface area contributed by atoms with Crippen molar-refractivity contribution < 1.29 is 19.0 Å². The highest BCUT2D eigenvalue weighted by molar-refractivity contribution is 5.82. The molecule has 0 bridgehead atoms. The van der Waals surface area contributed by atoms with Crippen molar-refractivity contribution in [3.05, 3.63) is 40.9 Å². The van der Waals surface area contributed by atoms with Crippen LogP contribution in [0.5, 0.6) is 5.88 Å². The molecule has 0 radical (unpaired) electrons. The van der Waals surface area contributed by atoms with E-state index in [-0.39, 0.29) is 23.8 Å². The molecule has 0 atom stereocenters. The number of nitrogens with one attached hydrogen (secondary N) is 1. The highest BCUT2D eigenvalue weighted by Gasteiger charge is 2.18. The van der Waals surface area contributed by atoms with Crippen LogP contribution in [-0.2, 0) is 20.8 Å². The third-order valence-corrected chi connectivity index (χ3v) is 5.39. The van der Waals surface area contributed by atoms with E-state index in [1.807, 2.05) is 26.0 Å². The predicted molar refractivity (Wildman–Crippen MR) is 137 cm³/mol. The molecule has 36 heavy (non-hydrogen) atoms. The summed E-state index contributed by atoms with van der Waals surface area (Å²) in [5.41, 5.74) is 2.27. The zero-order chi connectivity index (χ0) is 25.9. The maximum atomic E-state index is 13.5. The topological polar surface area (TPSA) is 121 Å². The van der Waals surface area contributed by atoms with E-state index in [0.717, 1.165) is 17.5 Å². The number of likely N-dealkylation sites (N-methyl/N-ethyl adjacent to an activating group) is 1. The van der Waals surface area contributed by atoms with Crippen molar-refractivity contribution >= 4 is 22.9 Å². The first-order valence-corrected chi connectivity index (χ1v) is 12.0. The molecule has 0 saturated heterocycles. The summed E-state index contributed by atoms with van der Waals surface area (Å²) in [7, 11) is 3.22. The number of hydrogen-bond donors (Lipinski definition) is 1. The van der Waals surface area contributed by atoms with E-state index in [2.05, 4.69) is 20.3 Å². The molecule has 11 heteroatoms. The van der Waals surface area contributed by atoms with Gasteiger partial charge in [0.05, 0.1) is 32.4 Å². The number of nitrogens with zero attached hydrogens (tertiary/aromatic N) is 5. The summed E-state index contributed by atoms with van der Waals surface area (Å²) < 4.78 is 17.6. The summed E-state index contributed by atoms with van der Waals surface area (Å²) in [6.07, 6.45) is 4.26. The highest BCUT2D eigenvalue weighted by atomic mass is 16.5. The minimum atomic E-state index is -0.320. The van der Waals surface area contributed by atoms with Crippen molar-refractivity contribution in [3.63, 3.8) is 0 Å². The lowest BCUT2D eigenvalue weighted by Crippen LogP contribution is -2.40. The minimum absolute atomic E-state index is 0.0260. The van der Waals surface area contributed by atoms with Gasteiger partial charge in [0.25, 0.3) is 5.56 Å². The summed E-state index contributed by atoms with van der Waals surface area (Å²) >= 11 is 0. The summed E-state index contributed by atoms with van der Waals surface area (Å²) in [5, 5.41) is 2.78. The molecule has 0 spiro atoms. The monoisotopic (exact) mass is 498 g/mol. The molecule has 0 aliphatic heterocycles. The second-order valence-electron chi connectivity index (χ2n) is 8.06. The van der Waals surface area contributed by atoms with Gasteiger partial charge < -0.3 is 24.4 Å². The molecule has 3 aromatic heterocycles. The van der Waals surface area contributed by atoms with Crippen LogP contribution in [0.15, 0.2) is 35.4 Å². The molecule has 0 aromatic carbocycles. The first-order chi connectivity index (χ1) is 17.5.